The lowest BCUT2D eigenvalue weighted by molar-refractivity contribution is 0.531. The van der Waals surface area contributed by atoms with Crippen LogP contribution in [-0.2, 0) is 0 Å². The molecule has 0 aromatic rings. The normalized spacial score (nSPS) is 26.0. The summed E-state index contributed by atoms with van der Waals surface area (Å²) in [6.45, 7) is 15.4. The lowest BCUT2D eigenvalue weighted by Crippen LogP contribution is -2.06. The molecule has 23 heavy (non-hydrogen) atoms. The fraction of sp³-hybridized carbons (Fsp3) is 0.364. The van der Waals surface area contributed by atoms with E-state index in [4.69, 9.17) is 0 Å². The van der Waals surface area contributed by atoms with E-state index in [0.29, 0.717) is 0 Å². The van der Waals surface area contributed by atoms with Gasteiger partial charge in [0.15, 0.2) is 0 Å². The smallest absolute Gasteiger partial charge is 0.0148 e. The molecule has 2 aliphatic carbocycles. The van der Waals surface area contributed by atoms with Crippen LogP contribution >= 0.6 is 11.8 Å². The van der Waals surface area contributed by atoms with Crippen molar-refractivity contribution in [1.82, 2.24) is 0 Å². The Kier molecular flexibility index (Phi) is 5.41. The molecule has 0 spiro atoms. The fourth-order valence-electron chi connectivity index (χ4n) is 2.39. The zero-order valence-electron chi connectivity index (χ0n) is 15.0. The van der Waals surface area contributed by atoms with Crippen LogP contribution in [0.3, 0.4) is 0 Å². The minimum atomic E-state index is 0.109. The van der Waals surface area contributed by atoms with Gasteiger partial charge in [-0.25, -0.2) is 0 Å². The molecule has 0 saturated carbocycles. The number of hydrogen-bond donors (Lipinski definition) is 0. The lowest BCUT2D eigenvalue weighted by atomic mass is 9.87. The third kappa shape index (κ3) is 4.75. The quantitative estimate of drug-likeness (QED) is 0.530. The average Bonchev–Trinajstić information content (AvgIpc) is 2.78. The van der Waals surface area contributed by atoms with E-state index in [-0.39, 0.29) is 10.8 Å². The van der Waals surface area contributed by atoms with Crippen LogP contribution in [0.2, 0.25) is 0 Å². The van der Waals surface area contributed by atoms with Crippen molar-refractivity contribution in [3.8, 4) is 0 Å². The molecule has 0 aromatic carbocycles. The van der Waals surface area contributed by atoms with Crippen molar-refractivity contribution < 1.29 is 0 Å². The van der Waals surface area contributed by atoms with Gasteiger partial charge in [0, 0.05) is 20.6 Å². The maximum absolute atomic E-state index is 4.31. The zero-order valence-corrected chi connectivity index (χ0v) is 15.8. The Hall–Kier alpha value is -1.47. The first kappa shape index (κ1) is 17.9. The largest absolute Gasteiger partial charge is 0.0898 e. The van der Waals surface area contributed by atoms with Crippen LogP contribution in [0.5, 0.6) is 0 Å². The summed E-state index contributed by atoms with van der Waals surface area (Å²) in [7, 11) is 0. The Morgan fingerprint density at radius 3 is 2.43 bits per heavy atom. The number of thioether (sulfide) groups is 1. The molecule has 0 fully saturated rings. The third-order valence-electron chi connectivity index (χ3n) is 4.53. The van der Waals surface area contributed by atoms with Crippen LogP contribution in [0.15, 0.2) is 82.2 Å². The molecule has 0 N–H and O–H groups in total. The van der Waals surface area contributed by atoms with Gasteiger partial charge in [-0.15, -0.1) is 0 Å². The highest BCUT2D eigenvalue weighted by Crippen LogP contribution is 2.38. The molecule has 2 rings (SSSR count). The van der Waals surface area contributed by atoms with Crippen LogP contribution in [0.25, 0.3) is 0 Å². The Balaban J connectivity index is 2.17. The van der Waals surface area contributed by atoms with Crippen LogP contribution in [0, 0.1) is 10.8 Å². The second kappa shape index (κ2) is 6.97. The molecular weight excluding hydrogens is 296 g/mol. The van der Waals surface area contributed by atoms with Crippen molar-refractivity contribution in [3.05, 3.63) is 82.2 Å². The van der Waals surface area contributed by atoms with Gasteiger partial charge < -0.3 is 0 Å². The highest BCUT2D eigenvalue weighted by molar-refractivity contribution is 8.07. The van der Waals surface area contributed by atoms with Crippen LogP contribution < -0.4 is 0 Å². The highest BCUT2D eigenvalue weighted by atomic mass is 32.2. The van der Waals surface area contributed by atoms with Crippen molar-refractivity contribution in [1.29, 1.82) is 0 Å². The Labute approximate surface area is 146 Å². The van der Waals surface area contributed by atoms with Crippen molar-refractivity contribution in [2.24, 2.45) is 10.8 Å². The van der Waals surface area contributed by atoms with Gasteiger partial charge in [-0.2, -0.15) is 0 Å². The lowest BCUT2D eigenvalue weighted by Gasteiger charge is -2.18. The van der Waals surface area contributed by atoms with E-state index in [2.05, 4.69) is 95.9 Å². The number of hydrogen-bond acceptors (Lipinski definition) is 1. The van der Waals surface area contributed by atoms with E-state index < -0.39 is 0 Å². The maximum Gasteiger partial charge on any atom is 0.0148 e. The van der Waals surface area contributed by atoms with E-state index in [1.54, 1.807) is 11.8 Å². The monoisotopic (exact) mass is 324 g/mol. The van der Waals surface area contributed by atoms with E-state index >= 15 is 0 Å². The SMILES string of the molecule is C=C(SC1=C(C)C=CC(C)(C)C=C1)C1=CC=CC(C)(CC)C=C1. The summed E-state index contributed by atoms with van der Waals surface area (Å²) in [5, 5.41) is 0. The van der Waals surface area contributed by atoms with Crippen LogP contribution in [0.1, 0.15) is 41.0 Å². The molecule has 0 bridgehead atoms. The molecule has 0 amide bonds. The third-order valence-corrected chi connectivity index (χ3v) is 5.69. The molecule has 1 atom stereocenters. The predicted molar refractivity (Wildman–Crippen MR) is 106 cm³/mol. The molecule has 0 aliphatic heterocycles. The Bertz CT molecular complexity index is 662. The molecule has 0 saturated heterocycles. The minimum Gasteiger partial charge on any atom is -0.0898 e. The van der Waals surface area contributed by atoms with Gasteiger partial charge in [-0.05, 0) is 24.5 Å². The Morgan fingerprint density at radius 2 is 1.74 bits per heavy atom. The first-order valence-electron chi connectivity index (χ1n) is 8.30. The standard InChI is InChI=1S/C22H28S/c1-7-22(6)13-8-9-19(11-16-22)18(3)23-20-12-15-21(4,5)14-10-17(20)2/h8-16H,3,7H2,1-2,4-6H3. The van der Waals surface area contributed by atoms with Crippen LogP contribution in [0.4, 0.5) is 0 Å². The van der Waals surface area contributed by atoms with Gasteiger partial charge in [0.25, 0.3) is 0 Å². The topological polar surface area (TPSA) is 0 Å². The second-order valence-electron chi connectivity index (χ2n) is 7.23. The summed E-state index contributed by atoms with van der Waals surface area (Å²) < 4.78 is 0. The molecule has 0 aromatic heterocycles. The number of rotatable bonds is 4. The minimum absolute atomic E-state index is 0.109. The molecule has 0 nitrogen and oxygen atoms in total. The molecule has 1 unspecified atom stereocenters. The van der Waals surface area contributed by atoms with E-state index in [1.165, 1.54) is 16.1 Å². The van der Waals surface area contributed by atoms with Gasteiger partial charge in [0.1, 0.15) is 0 Å². The van der Waals surface area contributed by atoms with E-state index in [1.807, 2.05) is 0 Å². The van der Waals surface area contributed by atoms with Gasteiger partial charge >= 0.3 is 0 Å². The highest BCUT2D eigenvalue weighted by Gasteiger charge is 2.17. The van der Waals surface area contributed by atoms with Crippen molar-refractivity contribution in [2.75, 3.05) is 0 Å². The van der Waals surface area contributed by atoms with Gasteiger partial charge in [-0.1, -0.05) is 101 Å². The summed E-state index contributed by atoms with van der Waals surface area (Å²) in [6.07, 6.45) is 21.2. The van der Waals surface area contributed by atoms with Crippen LogP contribution in [-0.4, -0.2) is 0 Å². The van der Waals surface area contributed by atoms with Crippen molar-refractivity contribution in [2.45, 2.75) is 41.0 Å². The maximum atomic E-state index is 4.31. The first-order valence-corrected chi connectivity index (χ1v) is 9.12. The predicted octanol–water partition coefficient (Wildman–Crippen LogP) is 7.13. The second-order valence-corrected chi connectivity index (χ2v) is 8.37. The molecular formula is C22H28S. The summed E-state index contributed by atoms with van der Waals surface area (Å²) in [5.41, 5.74) is 2.75. The first-order chi connectivity index (χ1) is 10.7. The average molecular weight is 325 g/mol. The van der Waals surface area contributed by atoms with Gasteiger partial charge in [-0.3, -0.25) is 0 Å². The van der Waals surface area contributed by atoms with E-state index in [9.17, 15) is 0 Å². The summed E-state index contributed by atoms with van der Waals surface area (Å²) in [4.78, 5) is 2.37. The molecule has 0 radical (unpaired) electrons. The van der Waals surface area contributed by atoms with Gasteiger partial charge in [0.05, 0.1) is 0 Å². The number of allylic oxidation sites excluding steroid dienone is 11. The molecule has 1 heteroatoms. The zero-order chi connectivity index (χ0) is 17.1. The Morgan fingerprint density at radius 1 is 1.04 bits per heavy atom. The summed E-state index contributed by atoms with van der Waals surface area (Å²) in [6, 6.07) is 0. The van der Waals surface area contributed by atoms with Crippen molar-refractivity contribution >= 4 is 11.8 Å². The van der Waals surface area contributed by atoms with E-state index in [0.717, 1.165) is 11.3 Å². The van der Waals surface area contributed by atoms with Gasteiger partial charge in [0.2, 0.25) is 0 Å². The molecule has 2 aliphatic rings. The molecule has 0 heterocycles. The summed E-state index contributed by atoms with van der Waals surface area (Å²) in [5.74, 6) is 0. The summed E-state index contributed by atoms with van der Waals surface area (Å²) >= 11 is 1.76. The van der Waals surface area contributed by atoms with Crippen molar-refractivity contribution in [3.63, 3.8) is 0 Å². The fourth-order valence-corrected chi connectivity index (χ4v) is 3.27. The molecule has 122 valence electrons.